The van der Waals surface area contributed by atoms with E-state index in [-0.39, 0.29) is 0 Å². The minimum absolute atomic E-state index is 0.416. The number of hydrogen-bond acceptors (Lipinski definition) is 4. The Balaban J connectivity index is 2.32. The van der Waals surface area contributed by atoms with Crippen LogP contribution in [0.4, 0.5) is 5.82 Å². The smallest absolute Gasteiger partial charge is 0.154 e. The standard InChI is InChI=1S/C13H13N5/c1-8-15-13(14)12(17-16-8)10-7-18(2)11-6-4-3-5-9(10)11/h3-7H,1-2H3,(H2,14,15,16). The molecule has 2 heterocycles. The van der Waals surface area contributed by atoms with Gasteiger partial charge in [-0.25, -0.2) is 4.98 Å². The molecule has 2 aromatic heterocycles. The highest BCUT2D eigenvalue weighted by molar-refractivity contribution is 5.96. The number of nitrogen functional groups attached to an aromatic ring is 1. The maximum absolute atomic E-state index is 5.93. The Labute approximate surface area is 104 Å². The molecule has 3 aromatic rings. The minimum Gasteiger partial charge on any atom is -0.382 e. The van der Waals surface area contributed by atoms with E-state index in [1.165, 1.54) is 0 Å². The Bertz CT molecular complexity index is 729. The molecule has 0 aliphatic rings. The predicted molar refractivity (Wildman–Crippen MR) is 70.9 cm³/mol. The van der Waals surface area contributed by atoms with E-state index >= 15 is 0 Å². The van der Waals surface area contributed by atoms with Crippen LogP contribution in [0.2, 0.25) is 0 Å². The zero-order valence-corrected chi connectivity index (χ0v) is 10.3. The Hall–Kier alpha value is -2.43. The van der Waals surface area contributed by atoms with Gasteiger partial charge in [0, 0.05) is 29.7 Å². The van der Waals surface area contributed by atoms with Crippen LogP contribution in [0.25, 0.3) is 22.2 Å². The largest absolute Gasteiger partial charge is 0.382 e. The lowest BCUT2D eigenvalue weighted by atomic mass is 10.1. The second kappa shape index (κ2) is 3.80. The molecule has 0 aliphatic carbocycles. The zero-order chi connectivity index (χ0) is 12.7. The van der Waals surface area contributed by atoms with Crippen molar-refractivity contribution in [2.24, 2.45) is 7.05 Å². The summed E-state index contributed by atoms with van der Waals surface area (Å²) in [4.78, 5) is 4.16. The summed E-state index contributed by atoms with van der Waals surface area (Å²) in [6.07, 6.45) is 2.00. The van der Waals surface area contributed by atoms with Crippen molar-refractivity contribution < 1.29 is 0 Å². The van der Waals surface area contributed by atoms with Gasteiger partial charge in [-0.1, -0.05) is 18.2 Å². The van der Waals surface area contributed by atoms with E-state index in [4.69, 9.17) is 5.73 Å². The van der Waals surface area contributed by atoms with Crippen LogP contribution < -0.4 is 5.73 Å². The lowest BCUT2D eigenvalue weighted by Crippen LogP contribution is -2.01. The molecule has 0 amide bonds. The van der Waals surface area contributed by atoms with Crippen LogP contribution in [0.15, 0.2) is 30.5 Å². The van der Waals surface area contributed by atoms with E-state index in [1.54, 1.807) is 6.92 Å². The Kier molecular flexibility index (Phi) is 2.26. The first-order valence-electron chi connectivity index (χ1n) is 5.68. The molecule has 5 nitrogen and oxygen atoms in total. The van der Waals surface area contributed by atoms with Crippen molar-refractivity contribution in [2.45, 2.75) is 6.92 Å². The summed E-state index contributed by atoms with van der Waals surface area (Å²) < 4.78 is 2.05. The molecule has 1 aromatic carbocycles. The number of benzene rings is 1. The van der Waals surface area contributed by atoms with Gasteiger partial charge in [0.1, 0.15) is 11.5 Å². The monoisotopic (exact) mass is 239 g/mol. The zero-order valence-electron chi connectivity index (χ0n) is 10.3. The molecule has 0 saturated carbocycles. The summed E-state index contributed by atoms with van der Waals surface area (Å²) in [5.41, 5.74) is 8.66. The summed E-state index contributed by atoms with van der Waals surface area (Å²) in [7, 11) is 2.00. The average molecular weight is 239 g/mol. The molecule has 0 spiro atoms. The normalized spacial score (nSPS) is 11.0. The van der Waals surface area contributed by atoms with E-state index in [2.05, 4.69) is 21.2 Å². The van der Waals surface area contributed by atoms with Gasteiger partial charge in [-0.2, -0.15) is 0 Å². The third-order valence-electron chi connectivity index (χ3n) is 2.97. The van der Waals surface area contributed by atoms with Gasteiger partial charge in [0.25, 0.3) is 0 Å². The maximum Gasteiger partial charge on any atom is 0.154 e. The molecule has 2 N–H and O–H groups in total. The van der Waals surface area contributed by atoms with Crippen molar-refractivity contribution in [2.75, 3.05) is 5.73 Å². The first-order valence-corrected chi connectivity index (χ1v) is 5.68. The van der Waals surface area contributed by atoms with E-state index < -0.39 is 0 Å². The Morgan fingerprint density at radius 2 is 1.94 bits per heavy atom. The SMILES string of the molecule is Cc1nnc(-c2cn(C)c3ccccc23)c(N)n1. The molecule has 0 atom stereocenters. The number of hydrogen-bond donors (Lipinski definition) is 1. The number of para-hydroxylation sites is 1. The topological polar surface area (TPSA) is 69.6 Å². The number of anilines is 1. The van der Waals surface area contributed by atoms with Gasteiger partial charge < -0.3 is 10.3 Å². The number of aromatic nitrogens is 4. The summed E-state index contributed by atoms with van der Waals surface area (Å²) in [6, 6.07) is 8.11. The lowest BCUT2D eigenvalue weighted by Gasteiger charge is -2.01. The minimum atomic E-state index is 0.416. The fraction of sp³-hybridized carbons (Fsp3) is 0.154. The average Bonchev–Trinajstić information content (AvgIpc) is 2.68. The highest BCUT2D eigenvalue weighted by Crippen LogP contribution is 2.30. The molecule has 0 bridgehead atoms. The molecular weight excluding hydrogens is 226 g/mol. The first-order chi connectivity index (χ1) is 8.66. The second-order valence-electron chi connectivity index (χ2n) is 4.26. The molecule has 0 unspecified atom stereocenters. The lowest BCUT2D eigenvalue weighted by molar-refractivity contribution is 0.918. The molecule has 5 heteroatoms. The molecule has 0 saturated heterocycles. The molecule has 0 radical (unpaired) electrons. The predicted octanol–water partition coefficient (Wildman–Crippen LogP) is 1.92. The molecule has 0 fully saturated rings. The van der Waals surface area contributed by atoms with Crippen molar-refractivity contribution in [3.63, 3.8) is 0 Å². The maximum atomic E-state index is 5.93. The fourth-order valence-electron chi connectivity index (χ4n) is 2.15. The van der Waals surface area contributed by atoms with Crippen LogP contribution in [-0.2, 0) is 7.05 Å². The van der Waals surface area contributed by atoms with Crippen LogP contribution in [-0.4, -0.2) is 19.7 Å². The summed E-state index contributed by atoms with van der Waals surface area (Å²) >= 11 is 0. The fourth-order valence-corrected chi connectivity index (χ4v) is 2.15. The number of nitrogens with zero attached hydrogens (tertiary/aromatic N) is 4. The third-order valence-corrected chi connectivity index (χ3v) is 2.97. The molecule has 18 heavy (non-hydrogen) atoms. The Morgan fingerprint density at radius 3 is 2.72 bits per heavy atom. The van der Waals surface area contributed by atoms with E-state index in [1.807, 2.05) is 36.0 Å². The quantitative estimate of drug-likeness (QED) is 0.704. The second-order valence-corrected chi connectivity index (χ2v) is 4.26. The van der Waals surface area contributed by atoms with Gasteiger partial charge in [-0.15, -0.1) is 10.2 Å². The molecule has 0 aliphatic heterocycles. The van der Waals surface area contributed by atoms with E-state index in [9.17, 15) is 0 Å². The highest BCUT2D eigenvalue weighted by atomic mass is 15.2. The Morgan fingerprint density at radius 1 is 1.17 bits per heavy atom. The van der Waals surface area contributed by atoms with E-state index in [0.29, 0.717) is 17.3 Å². The third kappa shape index (κ3) is 1.52. The van der Waals surface area contributed by atoms with Crippen molar-refractivity contribution in [1.82, 2.24) is 19.7 Å². The number of fused-ring (bicyclic) bond motifs is 1. The molecule has 90 valence electrons. The molecular formula is C13H13N5. The number of rotatable bonds is 1. The van der Waals surface area contributed by atoms with Crippen LogP contribution in [0.1, 0.15) is 5.82 Å². The summed E-state index contributed by atoms with van der Waals surface area (Å²) in [6.45, 7) is 1.77. The van der Waals surface area contributed by atoms with Gasteiger partial charge in [0.2, 0.25) is 0 Å². The van der Waals surface area contributed by atoms with Crippen LogP contribution >= 0.6 is 0 Å². The first kappa shape index (κ1) is 10.7. The van der Waals surface area contributed by atoms with Gasteiger partial charge in [-0.05, 0) is 13.0 Å². The summed E-state index contributed by atoms with van der Waals surface area (Å²) in [5.74, 6) is 0.996. The van der Waals surface area contributed by atoms with Gasteiger partial charge in [0.15, 0.2) is 5.82 Å². The van der Waals surface area contributed by atoms with Crippen molar-refractivity contribution in [3.8, 4) is 11.3 Å². The van der Waals surface area contributed by atoms with Gasteiger partial charge in [-0.3, -0.25) is 0 Å². The molecule has 3 rings (SSSR count). The van der Waals surface area contributed by atoms with Crippen molar-refractivity contribution >= 4 is 16.7 Å². The van der Waals surface area contributed by atoms with Gasteiger partial charge in [0.05, 0.1) is 0 Å². The highest BCUT2D eigenvalue weighted by Gasteiger charge is 2.13. The number of aryl methyl sites for hydroxylation is 2. The van der Waals surface area contributed by atoms with Crippen LogP contribution in [0.3, 0.4) is 0 Å². The number of nitrogens with two attached hydrogens (primary N) is 1. The van der Waals surface area contributed by atoms with Crippen LogP contribution in [0, 0.1) is 6.92 Å². The summed E-state index contributed by atoms with van der Waals surface area (Å²) in [5, 5.41) is 9.25. The van der Waals surface area contributed by atoms with Crippen molar-refractivity contribution in [1.29, 1.82) is 0 Å². The van der Waals surface area contributed by atoms with Crippen LogP contribution in [0.5, 0.6) is 0 Å². The van der Waals surface area contributed by atoms with Gasteiger partial charge >= 0.3 is 0 Å². The van der Waals surface area contributed by atoms with Crippen molar-refractivity contribution in [3.05, 3.63) is 36.3 Å². The van der Waals surface area contributed by atoms with E-state index in [0.717, 1.165) is 16.5 Å².